The smallest absolute Gasteiger partial charge is 0.253 e. The van der Waals surface area contributed by atoms with Gasteiger partial charge in [0.1, 0.15) is 6.61 Å². The van der Waals surface area contributed by atoms with Gasteiger partial charge in [-0.05, 0) is 38.0 Å². The molecule has 1 aliphatic heterocycles. The molecule has 0 radical (unpaired) electrons. The highest BCUT2D eigenvalue weighted by atomic mass is 35.5. The Labute approximate surface area is 145 Å². The van der Waals surface area contributed by atoms with E-state index in [0.717, 1.165) is 12.8 Å². The summed E-state index contributed by atoms with van der Waals surface area (Å²) in [6, 6.07) is 7.05. The normalized spacial score (nSPS) is 15.7. The van der Waals surface area contributed by atoms with Gasteiger partial charge < -0.3 is 14.1 Å². The van der Waals surface area contributed by atoms with Crippen molar-refractivity contribution in [3.8, 4) is 0 Å². The number of nitrogens with zero attached hydrogens (tertiary/aromatic N) is 3. The van der Waals surface area contributed by atoms with Crippen LogP contribution in [0.4, 0.5) is 0 Å². The molecule has 3 rings (SSSR count). The Morgan fingerprint density at radius 1 is 1.38 bits per heavy atom. The van der Waals surface area contributed by atoms with Gasteiger partial charge in [-0.15, -0.1) is 10.2 Å². The zero-order valence-electron chi connectivity index (χ0n) is 13.6. The zero-order valence-corrected chi connectivity index (χ0v) is 14.3. The van der Waals surface area contributed by atoms with Crippen molar-refractivity contribution in [3.05, 3.63) is 46.6 Å². The van der Waals surface area contributed by atoms with Crippen LogP contribution in [0.15, 0.2) is 28.7 Å². The number of carbonyl (C=O) groups excluding carboxylic acids is 1. The van der Waals surface area contributed by atoms with E-state index in [-0.39, 0.29) is 11.8 Å². The Balaban J connectivity index is 1.57. The molecule has 1 aliphatic rings. The second kappa shape index (κ2) is 7.77. The summed E-state index contributed by atoms with van der Waals surface area (Å²) in [5, 5.41) is 8.69. The molecule has 0 atom stereocenters. The van der Waals surface area contributed by atoms with Crippen molar-refractivity contribution in [1.82, 2.24) is 15.1 Å². The highest BCUT2D eigenvalue weighted by Gasteiger charge is 2.27. The first-order valence-corrected chi connectivity index (χ1v) is 8.50. The molecule has 6 nitrogen and oxygen atoms in total. The molecule has 2 aromatic rings. The Morgan fingerprint density at radius 3 is 2.88 bits per heavy atom. The number of likely N-dealkylation sites (tertiary alicyclic amines) is 1. The van der Waals surface area contributed by atoms with Crippen LogP contribution < -0.4 is 0 Å². The third kappa shape index (κ3) is 3.94. The van der Waals surface area contributed by atoms with Gasteiger partial charge in [0.15, 0.2) is 0 Å². The second-order valence-corrected chi connectivity index (χ2v) is 6.18. The lowest BCUT2D eigenvalue weighted by molar-refractivity contribution is 0.0704. The number of aromatic nitrogens is 2. The standard InChI is InChI=1S/C17H20ClN3O3/c1-2-23-11-15-19-20-16(24-15)12-6-8-21(9-7-12)17(22)13-4-3-5-14(18)10-13/h3-5,10,12H,2,6-9,11H2,1H3. The third-order valence-electron chi connectivity index (χ3n) is 4.12. The topological polar surface area (TPSA) is 68.5 Å². The van der Waals surface area contributed by atoms with Crippen LogP contribution in [0.25, 0.3) is 0 Å². The molecule has 7 heteroatoms. The number of benzene rings is 1. The third-order valence-corrected chi connectivity index (χ3v) is 4.35. The van der Waals surface area contributed by atoms with E-state index in [1.165, 1.54) is 0 Å². The van der Waals surface area contributed by atoms with E-state index >= 15 is 0 Å². The van der Waals surface area contributed by atoms with Crippen molar-refractivity contribution in [2.75, 3.05) is 19.7 Å². The summed E-state index contributed by atoms with van der Waals surface area (Å²) in [6.07, 6.45) is 1.62. The maximum Gasteiger partial charge on any atom is 0.253 e. The zero-order chi connectivity index (χ0) is 16.9. The molecule has 1 aromatic carbocycles. The van der Waals surface area contributed by atoms with Gasteiger partial charge in [-0.1, -0.05) is 17.7 Å². The van der Waals surface area contributed by atoms with Crippen LogP contribution in [0.3, 0.4) is 0 Å². The molecule has 0 saturated carbocycles. The average Bonchev–Trinajstić information content (AvgIpc) is 3.08. The summed E-state index contributed by atoms with van der Waals surface area (Å²) in [5.74, 6) is 1.35. The number of hydrogen-bond donors (Lipinski definition) is 0. The molecule has 0 unspecified atom stereocenters. The van der Waals surface area contributed by atoms with Crippen molar-refractivity contribution in [3.63, 3.8) is 0 Å². The SMILES string of the molecule is CCOCc1nnc(C2CCN(C(=O)c3cccc(Cl)c3)CC2)o1. The fraction of sp³-hybridized carbons (Fsp3) is 0.471. The van der Waals surface area contributed by atoms with Gasteiger partial charge in [0, 0.05) is 36.2 Å². The average molecular weight is 350 g/mol. The van der Waals surface area contributed by atoms with Gasteiger partial charge in [0.2, 0.25) is 11.8 Å². The molecule has 1 amide bonds. The summed E-state index contributed by atoms with van der Waals surface area (Å²) in [6.45, 7) is 4.21. The molecular formula is C17H20ClN3O3. The molecule has 0 bridgehead atoms. The van der Waals surface area contributed by atoms with Crippen LogP contribution in [0, 0.1) is 0 Å². The largest absolute Gasteiger partial charge is 0.422 e. The number of ether oxygens (including phenoxy) is 1. The quantitative estimate of drug-likeness (QED) is 0.828. The number of halogens is 1. The van der Waals surface area contributed by atoms with Gasteiger partial charge in [-0.25, -0.2) is 0 Å². The van der Waals surface area contributed by atoms with Crippen molar-refractivity contribution in [1.29, 1.82) is 0 Å². The van der Waals surface area contributed by atoms with E-state index in [9.17, 15) is 4.79 Å². The summed E-state index contributed by atoms with van der Waals surface area (Å²) < 4.78 is 10.9. The first kappa shape index (κ1) is 16.9. The minimum atomic E-state index is 0.0125. The summed E-state index contributed by atoms with van der Waals surface area (Å²) in [5.41, 5.74) is 0.623. The molecule has 128 valence electrons. The molecule has 2 heterocycles. The summed E-state index contributed by atoms with van der Waals surface area (Å²) in [4.78, 5) is 14.4. The number of carbonyl (C=O) groups is 1. The maximum absolute atomic E-state index is 12.5. The van der Waals surface area contributed by atoms with Crippen molar-refractivity contribution in [2.24, 2.45) is 0 Å². The first-order chi connectivity index (χ1) is 11.7. The van der Waals surface area contributed by atoms with Gasteiger partial charge >= 0.3 is 0 Å². The van der Waals surface area contributed by atoms with Gasteiger partial charge in [-0.3, -0.25) is 4.79 Å². The molecule has 0 N–H and O–H groups in total. The highest BCUT2D eigenvalue weighted by molar-refractivity contribution is 6.30. The van der Waals surface area contributed by atoms with E-state index in [2.05, 4.69) is 10.2 Å². The lowest BCUT2D eigenvalue weighted by atomic mass is 9.96. The van der Waals surface area contributed by atoms with Gasteiger partial charge in [-0.2, -0.15) is 0 Å². The molecule has 24 heavy (non-hydrogen) atoms. The van der Waals surface area contributed by atoms with Gasteiger partial charge in [0.05, 0.1) is 0 Å². The van der Waals surface area contributed by atoms with E-state index in [4.69, 9.17) is 20.8 Å². The number of piperidine rings is 1. The monoisotopic (exact) mass is 349 g/mol. The first-order valence-electron chi connectivity index (χ1n) is 8.12. The van der Waals surface area contributed by atoms with Crippen LogP contribution in [0.1, 0.15) is 47.8 Å². The molecule has 0 aliphatic carbocycles. The molecule has 1 aromatic heterocycles. The summed E-state index contributed by atoms with van der Waals surface area (Å²) in [7, 11) is 0. The lowest BCUT2D eigenvalue weighted by Gasteiger charge is -2.30. The van der Waals surface area contributed by atoms with Crippen molar-refractivity contribution in [2.45, 2.75) is 32.3 Å². The van der Waals surface area contributed by atoms with E-state index in [1.54, 1.807) is 24.3 Å². The van der Waals surface area contributed by atoms with E-state index in [1.807, 2.05) is 11.8 Å². The molecular weight excluding hydrogens is 330 g/mol. The Bertz CT molecular complexity index is 696. The molecule has 1 saturated heterocycles. The predicted octanol–water partition coefficient (Wildman–Crippen LogP) is 3.28. The molecule has 1 fully saturated rings. The second-order valence-electron chi connectivity index (χ2n) is 5.75. The van der Waals surface area contributed by atoms with E-state index in [0.29, 0.717) is 48.7 Å². The van der Waals surface area contributed by atoms with E-state index < -0.39 is 0 Å². The number of rotatable bonds is 5. The van der Waals surface area contributed by atoms with Crippen LogP contribution >= 0.6 is 11.6 Å². The maximum atomic E-state index is 12.5. The van der Waals surface area contributed by atoms with Crippen LogP contribution in [0.5, 0.6) is 0 Å². The minimum Gasteiger partial charge on any atom is -0.422 e. The Morgan fingerprint density at radius 2 is 2.17 bits per heavy atom. The van der Waals surface area contributed by atoms with Crippen LogP contribution in [-0.2, 0) is 11.3 Å². The van der Waals surface area contributed by atoms with Crippen molar-refractivity contribution >= 4 is 17.5 Å². The van der Waals surface area contributed by atoms with Gasteiger partial charge in [0.25, 0.3) is 5.91 Å². The number of hydrogen-bond acceptors (Lipinski definition) is 5. The van der Waals surface area contributed by atoms with Crippen LogP contribution in [-0.4, -0.2) is 40.7 Å². The fourth-order valence-corrected chi connectivity index (χ4v) is 3.00. The Kier molecular flexibility index (Phi) is 5.48. The van der Waals surface area contributed by atoms with Crippen molar-refractivity contribution < 1.29 is 13.9 Å². The fourth-order valence-electron chi connectivity index (χ4n) is 2.81. The summed E-state index contributed by atoms with van der Waals surface area (Å²) >= 11 is 5.96. The lowest BCUT2D eigenvalue weighted by Crippen LogP contribution is -2.38. The van der Waals surface area contributed by atoms with Crippen LogP contribution in [0.2, 0.25) is 5.02 Å². The Hall–Kier alpha value is -1.92. The predicted molar refractivity (Wildman–Crippen MR) is 89.0 cm³/mol. The minimum absolute atomic E-state index is 0.0125. The highest BCUT2D eigenvalue weighted by Crippen LogP contribution is 2.28. The molecule has 0 spiro atoms. The number of amides is 1.